The zero-order valence-electron chi connectivity index (χ0n) is 13.4. The van der Waals surface area contributed by atoms with Crippen LogP contribution in [0.5, 0.6) is 0 Å². The number of hydrogen-bond donors (Lipinski definition) is 1. The van der Waals surface area contributed by atoms with Crippen LogP contribution in [0.15, 0.2) is 0 Å². The first kappa shape index (κ1) is 17.0. The second-order valence-corrected chi connectivity index (χ2v) is 6.85. The van der Waals surface area contributed by atoms with Gasteiger partial charge >= 0.3 is 0 Å². The van der Waals surface area contributed by atoms with E-state index in [1.54, 1.807) is 12.0 Å². The van der Waals surface area contributed by atoms with Gasteiger partial charge < -0.3 is 15.0 Å². The van der Waals surface area contributed by atoms with Gasteiger partial charge in [0.25, 0.3) is 0 Å². The van der Waals surface area contributed by atoms with Gasteiger partial charge in [0.15, 0.2) is 0 Å². The molecule has 5 heteroatoms. The molecule has 1 aliphatic rings. The van der Waals surface area contributed by atoms with Crippen molar-refractivity contribution in [2.45, 2.75) is 46.6 Å². The molecule has 1 N–H and O–H groups in total. The van der Waals surface area contributed by atoms with E-state index in [0.717, 1.165) is 6.42 Å². The molecule has 5 nitrogen and oxygen atoms in total. The number of carbonyl (C=O) groups is 2. The molecule has 0 aromatic carbocycles. The number of nitrogens with zero attached hydrogens (tertiary/aromatic N) is 1. The molecule has 0 aromatic heterocycles. The Labute approximate surface area is 122 Å². The Morgan fingerprint density at radius 1 is 1.40 bits per heavy atom. The molecule has 1 unspecified atom stereocenters. The molecule has 0 aliphatic carbocycles. The predicted octanol–water partition coefficient (Wildman–Crippen LogP) is 1.42. The molecule has 1 aliphatic heterocycles. The zero-order chi connectivity index (χ0) is 15.3. The first-order valence-corrected chi connectivity index (χ1v) is 7.32. The summed E-state index contributed by atoms with van der Waals surface area (Å²) in [7, 11) is 1.67. The van der Waals surface area contributed by atoms with E-state index in [0.29, 0.717) is 25.5 Å². The highest BCUT2D eigenvalue weighted by Crippen LogP contribution is 2.23. The molecular weight excluding hydrogens is 256 g/mol. The van der Waals surface area contributed by atoms with Gasteiger partial charge in [-0.1, -0.05) is 27.7 Å². The molecule has 0 bridgehead atoms. The van der Waals surface area contributed by atoms with Crippen molar-refractivity contribution in [2.24, 2.45) is 11.3 Å². The fraction of sp³-hybridized carbons (Fsp3) is 0.867. The summed E-state index contributed by atoms with van der Waals surface area (Å²) in [5.41, 5.74) is -0.0499. The van der Waals surface area contributed by atoms with Crippen molar-refractivity contribution in [3.8, 4) is 0 Å². The average Bonchev–Trinajstić information content (AvgIpc) is 2.31. The van der Waals surface area contributed by atoms with Crippen molar-refractivity contribution < 1.29 is 14.3 Å². The lowest BCUT2D eigenvalue weighted by Gasteiger charge is -2.38. The standard InChI is InChI=1S/C15H28N2O3/c1-11(2)8-12-14(19)17(9-13(18)16-12)10-15(3,4)6-7-20-5/h11-12H,6-10H2,1-5H3,(H,16,18). The van der Waals surface area contributed by atoms with Gasteiger partial charge in [-0.05, 0) is 24.2 Å². The maximum Gasteiger partial charge on any atom is 0.245 e. The Balaban J connectivity index is 2.68. The van der Waals surface area contributed by atoms with Crippen molar-refractivity contribution >= 4 is 11.8 Å². The molecular formula is C15H28N2O3. The van der Waals surface area contributed by atoms with Crippen LogP contribution >= 0.6 is 0 Å². The number of hydrogen-bond acceptors (Lipinski definition) is 3. The van der Waals surface area contributed by atoms with E-state index in [1.165, 1.54) is 0 Å². The quantitative estimate of drug-likeness (QED) is 0.769. The Bertz CT molecular complexity index is 353. The van der Waals surface area contributed by atoms with Gasteiger partial charge in [-0.3, -0.25) is 9.59 Å². The molecule has 1 atom stereocenters. The van der Waals surface area contributed by atoms with E-state index < -0.39 is 0 Å². The van der Waals surface area contributed by atoms with E-state index in [4.69, 9.17) is 4.74 Å². The van der Waals surface area contributed by atoms with Crippen LogP contribution < -0.4 is 5.32 Å². The van der Waals surface area contributed by atoms with Crippen LogP contribution in [0.1, 0.15) is 40.5 Å². The van der Waals surface area contributed by atoms with Crippen LogP contribution in [0.3, 0.4) is 0 Å². The molecule has 0 saturated carbocycles. The summed E-state index contributed by atoms with van der Waals surface area (Å²) >= 11 is 0. The van der Waals surface area contributed by atoms with Gasteiger partial charge in [0.1, 0.15) is 6.04 Å². The van der Waals surface area contributed by atoms with Gasteiger partial charge in [-0.2, -0.15) is 0 Å². The third-order valence-electron chi connectivity index (χ3n) is 3.59. The lowest BCUT2D eigenvalue weighted by atomic mass is 9.88. The highest BCUT2D eigenvalue weighted by molar-refractivity contribution is 5.94. The second kappa shape index (κ2) is 7.07. The van der Waals surface area contributed by atoms with E-state index in [9.17, 15) is 9.59 Å². The summed E-state index contributed by atoms with van der Waals surface area (Å²) in [5.74, 6) is 0.368. The van der Waals surface area contributed by atoms with Crippen LogP contribution in [-0.4, -0.2) is 49.6 Å². The number of nitrogens with one attached hydrogen (secondary N) is 1. The minimum atomic E-state index is -0.366. The number of methoxy groups -OCH3 is 1. The highest BCUT2D eigenvalue weighted by atomic mass is 16.5. The largest absolute Gasteiger partial charge is 0.385 e. The fourth-order valence-electron chi connectivity index (χ4n) is 2.51. The Kier molecular flexibility index (Phi) is 5.99. The molecule has 0 spiro atoms. The van der Waals surface area contributed by atoms with Gasteiger partial charge in [0.05, 0.1) is 6.54 Å². The predicted molar refractivity (Wildman–Crippen MR) is 78.2 cm³/mol. The maximum atomic E-state index is 12.4. The molecule has 2 amide bonds. The molecule has 20 heavy (non-hydrogen) atoms. The summed E-state index contributed by atoms with van der Waals surface area (Å²) in [6.45, 7) is 9.74. The molecule has 1 heterocycles. The third kappa shape index (κ3) is 5.12. The minimum absolute atomic E-state index is 0.0452. The maximum absolute atomic E-state index is 12.4. The summed E-state index contributed by atoms with van der Waals surface area (Å²) in [6.07, 6.45) is 1.56. The molecule has 1 rings (SSSR count). The molecule has 1 saturated heterocycles. The van der Waals surface area contributed by atoms with Crippen LogP contribution in [0, 0.1) is 11.3 Å². The van der Waals surface area contributed by atoms with Crippen molar-refractivity contribution in [1.29, 1.82) is 0 Å². The zero-order valence-corrected chi connectivity index (χ0v) is 13.4. The van der Waals surface area contributed by atoms with E-state index in [1.807, 2.05) is 0 Å². The van der Waals surface area contributed by atoms with Crippen molar-refractivity contribution in [2.75, 3.05) is 26.8 Å². The number of rotatable bonds is 7. The summed E-state index contributed by atoms with van der Waals surface area (Å²) in [4.78, 5) is 25.9. The highest BCUT2D eigenvalue weighted by Gasteiger charge is 2.35. The Hall–Kier alpha value is -1.10. The van der Waals surface area contributed by atoms with Gasteiger partial charge in [-0.15, -0.1) is 0 Å². The fourth-order valence-corrected chi connectivity index (χ4v) is 2.51. The molecule has 1 fully saturated rings. The van der Waals surface area contributed by atoms with Gasteiger partial charge in [0, 0.05) is 20.3 Å². The molecule has 116 valence electrons. The smallest absolute Gasteiger partial charge is 0.245 e. The average molecular weight is 284 g/mol. The van der Waals surface area contributed by atoms with Crippen LogP contribution in [0.2, 0.25) is 0 Å². The van der Waals surface area contributed by atoms with Crippen molar-refractivity contribution in [3.63, 3.8) is 0 Å². The van der Waals surface area contributed by atoms with Gasteiger partial charge in [0.2, 0.25) is 11.8 Å². The second-order valence-electron chi connectivity index (χ2n) is 6.85. The number of amides is 2. The number of carbonyl (C=O) groups excluding carboxylic acids is 2. The molecule has 0 radical (unpaired) electrons. The Morgan fingerprint density at radius 2 is 2.05 bits per heavy atom. The monoisotopic (exact) mass is 284 g/mol. The summed E-state index contributed by atoms with van der Waals surface area (Å²) in [6, 6.07) is -0.366. The minimum Gasteiger partial charge on any atom is -0.385 e. The number of piperazine rings is 1. The van der Waals surface area contributed by atoms with E-state index >= 15 is 0 Å². The first-order valence-electron chi connectivity index (χ1n) is 7.32. The van der Waals surface area contributed by atoms with E-state index in [2.05, 4.69) is 33.0 Å². The van der Waals surface area contributed by atoms with Crippen molar-refractivity contribution in [3.05, 3.63) is 0 Å². The van der Waals surface area contributed by atoms with Crippen molar-refractivity contribution in [1.82, 2.24) is 10.2 Å². The SMILES string of the molecule is COCCC(C)(C)CN1CC(=O)NC(CC(C)C)C1=O. The normalized spacial score (nSPS) is 20.5. The van der Waals surface area contributed by atoms with E-state index in [-0.39, 0.29) is 29.8 Å². The third-order valence-corrected chi connectivity index (χ3v) is 3.59. The Morgan fingerprint density at radius 3 is 2.60 bits per heavy atom. The number of ether oxygens (including phenoxy) is 1. The summed E-state index contributed by atoms with van der Waals surface area (Å²) < 4.78 is 5.11. The lowest BCUT2D eigenvalue weighted by molar-refractivity contribution is -0.146. The molecule has 0 aromatic rings. The van der Waals surface area contributed by atoms with Gasteiger partial charge in [-0.25, -0.2) is 0 Å². The topological polar surface area (TPSA) is 58.6 Å². The van der Waals surface area contributed by atoms with Crippen LogP contribution in [0.25, 0.3) is 0 Å². The van der Waals surface area contributed by atoms with Crippen LogP contribution in [-0.2, 0) is 14.3 Å². The first-order chi connectivity index (χ1) is 9.25. The lowest BCUT2D eigenvalue weighted by Crippen LogP contribution is -2.59. The van der Waals surface area contributed by atoms with Crippen LogP contribution in [0.4, 0.5) is 0 Å². The summed E-state index contributed by atoms with van der Waals surface area (Å²) in [5, 5.41) is 2.80.